The normalized spacial score (nSPS) is 54.2. The predicted octanol–water partition coefficient (Wildman–Crippen LogP) is 0.617. The maximum absolute atomic E-state index is 13.2. The number of methoxy groups -OCH3 is 1. The van der Waals surface area contributed by atoms with Crippen LogP contribution in [0.3, 0.4) is 0 Å². The molecule has 2 heterocycles. The van der Waals surface area contributed by atoms with E-state index in [0.717, 1.165) is 12.0 Å². The molecular formula is C42H66O16. The van der Waals surface area contributed by atoms with Crippen LogP contribution in [0, 0.1) is 50.2 Å². The minimum absolute atomic E-state index is 0.0487. The number of carbonyl (C=O) groups excluding carboxylic acids is 1. The molecule has 0 radical (unpaired) electrons. The number of hydrogen-bond donors (Lipinski definition) is 9. The highest BCUT2D eigenvalue weighted by molar-refractivity contribution is 5.80. The number of fused-ring (bicyclic) bond motifs is 7. The molecular weight excluding hydrogens is 760 g/mol. The van der Waals surface area contributed by atoms with Gasteiger partial charge in [-0.1, -0.05) is 39.3 Å². The molecule has 9 N–H and O–H groups in total. The van der Waals surface area contributed by atoms with Crippen LogP contribution in [0.1, 0.15) is 92.4 Å². The second-order valence-corrected chi connectivity index (χ2v) is 20.1. The number of aliphatic carboxylic acids is 1. The second kappa shape index (κ2) is 15.2. The molecule has 0 spiro atoms. The van der Waals surface area contributed by atoms with Gasteiger partial charge in [0.15, 0.2) is 12.6 Å². The molecule has 16 heteroatoms. The molecule has 0 bridgehead atoms. The minimum Gasteiger partial charge on any atom is -0.481 e. The standard InChI is InChI=1S/C42H66O16/c1-37(36(53)54-6)11-13-42(35(51)52)14-12-40(4)20(21(42)15-37)7-8-26-38(2)16-22(45)32(39(3,19-44)25(38)9-10-41(26,40)5)56-24-18-55-33(30(49)28(24)47)58-34-31(50)29(48)27(46)23(17-43)57-34/h7,21-34,43-50H,8-19H2,1-6H3,(H,51,52)/t21-,22-,23-,24+,25+,26-,27-,28+,29+,30+,31-,32+,33-,34+,37+,38+,39+,40-,41+,42+/m0/s1. The number of allylic oxidation sites excluding steroid dienone is 2. The fraction of sp³-hybridized carbons (Fsp3) is 0.905. The lowest BCUT2D eigenvalue weighted by molar-refractivity contribution is -0.371. The first kappa shape index (κ1) is 44.3. The lowest BCUT2D eigenvalue weighted by Crippen LogP contribution is -2.69. The Morgan fingerprint density at radius 1 is 0.810 bits per heavy atom. The number of carbonyl (C=O) groups is 2. The van der Waals surface area contributed by atoms with E-state index in [2.05, 4.69) is 26.8 Å². The van der Waals surface area contributed by atoms with Gasteiger partial charge < -0.3 is 69.6 Å². The van der Waals surface area contributed by atoms with Crippen LogP contribution in [0.25, 0.3) is 0 Å². The van der Waals surface area contributed by atoms with Gasteiger partial charge in [0.25, 0.3) is 0 Å². The average molecular weight is 827 g/mol. The lowest BCUT2D eigenvalue weighted by Gasteiger charge is -2.71. The summed E-state index contributed by atoms with van der Waals surface area (Å²) in [5, 5.41) is 96.7. The van der Waals surface area contributed by atoms with Crippen molar-refractivity contribution in [2.45, 2.75) is 160 Å². The van der Waals surface area contributed by atoms with Crippen molar-refractivity contribution in [2.24, 2.45) is 50.2 Å². The number of esters is 1. The summed E-state index contributed by atoms with van der Waals surface area (Å²) in [6.45, 7) is 9.23. The molecule has 330 valence electrons. The number of hydrogen-bond acceptors (Lipinski definition) is 15. The number of carboxylic acid groups (broad SMARTS) is 1. The van der Waals surface area contributed by atoms with E-state index < -0.39 is 102 Å². The van der Waals surface area contributed by atoms with E-state index in [1.807, 2.05) is 13.8 Å². The Hall–Kier alpha value is -1.80. The van der Waals surface area contributed by atoms with Gasteiger partial charge in [-0.3, -0.25) is 9.59 Å². The Bertz CT molecular complexity index is 1610. The third-order valence-corrected chi connectivity index (χ3v) is 17.4. The predicted molar refractivity (Wildman–Crippen MR) is 201 cm³/mol. The number of rotatable bonds is 8. The van der Waals surface area contributed by atoms with Crippen LogP contribution in [0.15, 0.2) is 11.6 Å². The summed E-state index contributed by atoms with van der Waals surface area (Å²) < 4.78 is 28.4. The maximum atomic E-state index is 13.2. The molecule has 0 unspecified atom stereocenters. The van der Waals surface area contributed by atoms with Crippen molar-refractivity contribution in [1.82, 2.24) is 0 Å². The first-order chi connectivity index (χ1) is 27.1. The van der Waals surface area contributed by atoms with Gasteiger partial charge in [-0.2, -0.15) is 0 Å². The SMILES string of the molecule is COC(=O)[C@]1(C)CC[C@@]2(C(=O)O)CC[C@@]3(C)C(=CC[C@H]4[C@]5(C)C[C@H](O)[C@@H](O[C@@H]6CO[C@@H](O[C@H]7O[C@@H](CO)[C@H](O)[C@@H](O)[C@@H]7O)[C@H](O)[C@@H]6O)[C@](C)(CO)[C@@H]5CC[C@]43C)[C@@H]2C1. The smallest absolute Gasteiger partial charge is 0.311 e. The zero-order chi connectivity index (χ0) is 42.5. The van der Waals surface area contributed by atoms with Crippen molar-refractivity contribution in [3.8, 4) is 0 Å². The molecule has 16 nitrogen and oxygen atoms in total. The van der Waals surface area contributed by atoms with Crippen LogP contribution in [0.4, 0.5) is 0 Å². The average Bonchev–Trinajstić information content (AvgIpc) is 3.18. The van der Waals surface area contributed by atoms with E-state index in [9.17, 15) is 55.5 Å². The van der Waals surface area contributed by atoms with Gasteiger partial charge >= 0.3 is 11.9 Å². The minimum atomic E-state index is -1.76. The van der Waals surface area contributed by atoms with Crippen molar-refractivity contribution in [2.75, 3.05) is 26.9 Å². The van der Waals surface area contributed by atoms with Crippen molar-refractivity contribution in [3.63, 3.8) is 0 Å². The summed E-state index contributed by atoms with van der Waals surface area (Å²) in [6, 6.07) is 0. The van der Waals surface area contributed by atoms with E-state index in [4.69, 9.17) is 23.7 Å². The van der Waals surface area contributed by atoms with Gasteiger partial charge in [-0.25, -0.2) is 0 Å². The number of ether oxygens (including phenoxy) is 5. The summed E-state index contributed by atoms with van der Waals surface area (Å²) in [6.07, 6.45) is -8.95. The molecule has 4 saturated carbocycles. The Morgan fingerprint density at radius 3 is 2.12 bits per heavy atom. The highest BCUT2D eigenvalue weighted by atomic mass is 16.8. The largest absolute Gasteiger partial charge is 0.481 e. The van der Waals surface area contributed by atoms with E-state index in [0.29, 0.717) is 51.4 Å². The van der Waals surface area contributed by atoms with Gasteiger partial charge in [0.1, 0.15) is 42.7 Å². The monoisotopic (exact) mass is 826 g/mol. The molecule has 20 atom stereocenters. The summed E-state index contributed by atoms with van der Waals surface area (Å²) in [4.78, 5) is 26.3. The Kier molecular flexibility index (Phi) is 11.6. The third kappa shape index (κ3) is 6.29. The third-order valence-electron chi connectivity index (χ3n) is 17.4. The molecule has 0 amide bonds. The van der Waals surface area contributed by atoms with E-state index in [1.54, 1.807) is 0 Å². The maximum Gasteiger partial charge on any atom is 0.311 e. The van der Waals surface area contributed by atoms with Crippen molar-refractivity contribution in [3.05, 3.63) is 11.6 Å². The Balaban J connectivity index is 1.11. The topological polar surface area (TPSA) is 262 Å². The van der Waals surface area contributed by atoms with Crippen LogP contribution in [0.2, 0.25) is 0 Å². The summed E-state index contributed by atoms with van der Waals surface area (Å²) in [7, 11) is 1.38. The van der Waals surface area contributed by atoms with Gasteiger partial charge in [-0.05, 0) is 98.7 Å². The Morgan fingerprint density at radius 2 is 1.48 bits per heavy atom. The highest BCUT2D eigenvalue weighted by Gasteiger charge is 2.71. The molecule has 2 saturated heterocycles. The van der Waals surface area contributed by atoms with Crippen LogP contribution in [-0.2, 0) is 33.3 Å². The van der Waals surface area contributed by atoms with E-state index in [-0.39, 0.29) is 47.8 Å². The van der Waals surface area contributed by atoms with Crippen molar-refractivity contribution >= 4 is 11.9 Å². The molecule has 0 aromatic heterocycles. The van der Waals surface area contributed by atoms with Crippen molar-refractivity contribution < 1.29 is 79.2 Å². The van der Waals surface area contributed by atoms with Gasteiger partial charge in [0.2, 0.25) is 0 Å². The quantitative estimate of drug-likeness (QED) is 0.120. The number of carboxylic acids is 1. The first-order valence-electron chi connectivity index (χ1n) is 21.0. The Labute approximate surface area is 339 Å². The summed E-state index contributed by atoms with van der Waals surface area (Å²) in [5.41, 5.74) is -2.81. The van der Waals surface area contributed by atoms with Crippen LogP contribution >= 0.6 is 0 Å². The van der Waals surface area contributed by atoms with E-state index >= 15 is 0 Å². The molecule has 5 aliphatic carbocycles. The second-order valence-electron chi connectivity index (χ2n) is 20.1. The zero-order valence-corrected chi connectivity index (χ0v) is 34.5. The molecule has 7 rings (SSSR count). The van der Waals surface area contributed by atoms with Gasteiger partial charge in [0.05, 0.1) is 50.0 Å². The lowest BCUT2D eigenvalue weighted by atomic mass is 9.33. The number of aliphatic hydroxyl groups is 8. The highest BCUT2D eigenvalue weighted by Crippen LogP contribution is 2.76. The summed E-state index contributed by atoms with van der Waals surface area (Å²) >= 11 is 0. The zero-order valence-electron chi connectivity index (χ0n) is 34.5. The molecule has 58 heavy (non-hydrogen) atoms. The fourth-order valence-electron chi connectivity index (χ4n) is 13.8. The van der Waals surface area contributed by atoms with Gasteiger partial charge in [0, 0.05) is 5.41 Å². The number of aliphatic hydroxyl groups excluding tert-OH is 8. The molecule has 7 aliphatic rings. The fourth-order valence-corrected chi connectivity index (χ4v) is 13.8. The van der Waals surface area contributed by atoms with Gasteiger partial charge in [-0.15, -0.1) is 0 Å². The van der Waals surface area contributed by atoms with Crippen LogP contribution in [0.5, 0.6) is 0 Å². The molecule has 2 aliphatic heterocycles. The summed E-state index contributed by atoms with van der Waals surface area (Å²) in [5.74, 6) is -1.54. The van der Waals surface area contributed by atoms with Crippen molar-refractivity contribution in [1.29, 1.82) is 0 Å². The van der Waals surface area contributed by atoms with Crippen LogP contribution < -0.4 is 0 Å². The molecule has 0 aromatic carbocycles. The van der Waals surface area contributed by atoms with Crippen LogP contribution in [-0.4, -0.2) is 152 Å². The first-order valence-corrected chi connectivity index (χ1v) is 21.0. The van der Waals surface area contributed by atoms with E-state index in [1.165, 1.54) is 7.11 Å². The molecule has 0 aromatic rings. The molecule has 6 fully saturated rings.